The molecule has 0 amide bonds. The van der Waals surface area contributed by atoms with Gasteiger partial charge in [-0.15, -0.1) is 6.58 Å². The van der Waals surface area contributed by atoms with Crippen LogP contribution < -0.4 is 10.1 Å². The van der Waals surface area contributed by atoms with E-state index < -0.39 is 0 Å². The number of hydrogen-bond donors (Lipinski definition) is 1. The van der Waals surface area contributed by atoms with Crippen LogP contribution in [0.2, 0.25) is 0 Å². The largest absolute Gasteiger partial charge is 0.477 e. The molecular formula is C15H25N3O. The fourth-order valence-electron chi connectivity index (χ4n) is 1.79. The van der Waals surface area contributed by atoms with E-state index in [0.717, 1.165) is 55.9 Å². The van der Waals surface area contributed by atoms with E-state index in [4.69, 9.17) is 4.74 Å². The molecule has 0 radical (unpaired) electrons. The van der Waals surface area contributed by atoms with Crippen molar-refractivity contribution in [2.24, 2.45) is 0 Å². The predicted octanol–water partition coefficient (Wildman–Crippen LogP) is 3.60. The summed E-state index contributed by atoms with van der Waals surface area (Å²) in [4.78, 5) is 8.59. The predicted molar refractivity (Wildman–Crippen MR) is 79.7 cm³/mol. The summed E-state index contributed by atoms with van der Waals surface area (Å²) in [6, 6.07) is 0. The van der Waals surface area contributed by atoms with Gasteiger partial charge >= 0.3 is 0 Å². The molecule has 0 saturated heterocycles. The number of unbranched alkanes of at least 4 members (excludes halogenated alkanes) is 1. The summed E-state index contributed by atoms with van der Waals surface area (Å²) in [7, 11) is 0. The van der Waals surface area contributed by atoms with Crippen molar-refractivity contribution in [1.82, 2.24) is 9.97 Å². The first-order valence-electron chi connectivity index (χ1n) is 7.14. The highest BCUT2D eigenvalue weighted by Crippen LogP contribution is 2.23. The van der Waals surface area contributed by atoms with E-state index >= 15 is 0 Å². The molecule has 0 aliphatic carbocycles. The highest BCUT2D eigenvalue weighted by atomic mass is 16.5. The Kier molecular flexibility index (Phi) is 7.63. The third-order valence-electron chi connectivity index (χ3n) is 2.74. The van der Waals surface area contributed by atoms with Gasteiger partial charge in [0.1, 0.15) is 12.1 Å². The average molecular weight is 263 g/mol. The molecule has 1 aromatic rings. The minimum Gasteiger partial charge on any atom is -0.477 e. The van der Waals surface area contributed by atoms with Crippen molar-refractivity contribution < 1.29 is 4.74 Å². The monoisotopic (exact) mass is 263 g/mol. The summed E-state index contributed by atoms with van der Waals surface area (Å²) in [5, 5.41) is 3.34. The average Bonchev–Trinajstić information content (AvgIpc) is 2.43. The maximum Gasteiger partial charge on any atom is 0.221 e. The molecule has 19 heavy (non-hydrogen) atoms. The van der Waals surface area contributed by atoms with Crippen LogP contribution in [-0.2, 0) is 6.42 Å². The highest BCUT2D eigenvalue weighted by molar-refractivity contribution is 5.48. The zero-order valence-electron chi connectivity index (χ0n) is 12.1. The van der Waals surface area contributed by atoms with E-state index in [9.17, 15) is 0 Å². The third-order valence-corrected chi connectivity index (χ3v) is 2.74. The molecule has 1 N–H and O–H groups in total. The number of rotatable bonds is 10. The van der Waals surface area contributed by atoms with Crippen molar-refractivity contribution in [3.8, 4) is 5.88 Å². The molecule has 0 fully saturated rings. The Morgan fingerprint density at radius 3 is 2.84 bits per heavy atom. The van der Waals surface area contributed by atoms with Crippen LogP contribution in [0.1, 0.15) is 45.1 Å². The molecule has 0 aromatic carbocycles. The van der Waals surface area contributed by atoms with Crippen molar-refractivity contribution in [1.29, 1.82) is 0 Å². The van der Waals surface area contributed by atoms with Gasteiger partial charge in [-0.05, 0) is 25.7 Å². The van der Waals surface area contributed by atoms with Crippen LogP contribution in [0.25, 0.3) is 0 Å². The quantitative estimate of drug-likeness (QED) is 0.517. The van der Waals surface area contributed by atoms with E-state index in [2.05, 4.69) is 35.7 Å². The smallest absolute Gasteiger partial charge is 0.221 e. The van der Waals surface area contributed by atoms with E-state index in [1.807, 2.05) is 6.08 Å². The van der Waals surface area contributed by atoms with Crippen molar-refractivity contribution in [2.75, 3.05) is 18.5 Å². The molecular weight excluding hydrogens is 238 g/mol. The first-order chi connectivity index (χ1) is 9.33. The van der Waals surface area contributed by atoms with E-state index in [1.165, 1.54) is 0 Å². The number of anilines is 1. The summed E-state index contributed by atoms with van der Waals surface area (Å²) in [6.45, 7) is 9.59. The first-order valence-corrected chi connectivity index (χ1v) is 7.14. The van der Waals surface area contributed by atoms with Crippen LogP contribution in [-0.4, -0.2) is 23.1 Å². The maximum absolute atomic E-state index is 5.77. The molecule has 0 aliphatic rings. The van der Waals surface area contributed by atoms with Crippen LogP contribution in [0.3, 0.4) is 0 Å². The lowest BCUT2D eigenvalue weighted by Gasteiger charge is -2.14. The van der Waals surface area contributed by atoms with Crippen molar-refractivity contribution >= 4 is 5.82 Å². The number of nitrogens with zero attached hydrogens (tertiary/aromatic N) is 2. The molecule has 0 saturated carbocycles. The zero-order valence-corrected chi connectivity index (χ0v) is 12.1. The molecule has 0 aliphatic heterocycles. The van der Waals surface area contributed by atoms with E-state index in [-0.39, 0.29) is 0 Å². The lowest BCUT2D eigenvalue weighted by molar-refractivity contribution is 0.296. The van der Waals surface area contributed by atoms with Gasteiger partial charge in [-0.3, -0.25) is 0 Å². The Hall–Kier alpha value is -1.58. The Morgan fingerprint density at radius 2 is 2.16 bits per heavy atom. The number of allylic oxidation sites excluding steroid dienone is 1. The molecule has 0 spiro atoms. The van der Waals surface area contributed by atoms with Gasteiger partial charge in [0.05, 0.1) is 12.2 Å². The van der Waals surface area contributed by atoms with Gasteiger partial charge in [0, 0.05) is 6.54 Å². The number of aromatic nitrogens is 2. The number of nitrogens with one attached hydrogen (secondary N) is 1. The Labute approximate surface area is 116 Å². The van der Waals surface area contributed by atoms with Crippen molar-refractivity contribution in [3.05, 3.63) is 24.5 Å². The second kappa shape index (κ2) is 9.36. The topological polar surface area (TPSA) is 47.0 Å². The molecule has 0 unspecified atom stereocenters. The third kappa shape index (κ3) is 5.28. The van der Waals surface area contributed by atoms with Gasteiger partial charge in [-0.1, -0.05) is 26.3 Å². The first kappa shape index (κ1) is 15.5. The van der Waals surface area contributed by atoms with Gasteiger partial charge in [-0.25, -0.2) is 9.97 Å². The second-order valence-electron chi connectivity index (χ2n) is 4.46. The summed E-state index contributed by atoms with van der Waals surface area (Å²) in [6.07, 6.45) is 8.47. The lowest BCUT2D eigenvalue weighted by atomic mass is 10.1. The van der Waals surface area contributed by atoms with Gasteiger partial charge in [0.15, 0.2) is 0 Å². The standard InChI is InChI=1S/C15H25N3O/c1-4-7-8-11-19-15-13(9-5-2)14(16-10-6-3)17-12-18-15/h4,12H,1,5-11H2,2-3H3,(H,16,17,18). The molecule has 106 valence electrons. The van der Waals surface area contributed by atoms with Crippen LogP contribution in [0.5, 0.6) is 5.88 Å². The summed E-state index contributed by atoms with van der Waals surface area (Å²) in [5.74, 6) is 1.64. The Morgan fingerprint density at radius 1 is 1.32 bits per heavy atom. The number of hydrogen-bond acceptors (Lipinski definition) is 4. The molecule has 0 bridgehead atoms. The van der Waals surface area contributed by atoms with Gasteiger partial charge in [0.25, 0.3) is 0 Å². The second-order valence-corrected chi connectivity index (χ2v) is 4.46. The molecule has 0 atom stereocenters. The molecule has 1 rings (SSSR count). The van der Waals surface area contributed by atoms with E-state index in [0.29, 0.717) is 6.61 Å². The van der Waals surface area contributed by atoms with Gasteiger partial charge in [-0.2, -0.15) is 0 Å². The van der Waals surface area contributed by atoms with Crippen molar-refractivity contribution in [3.63, 3.8) is 0 Å². The highest BCUT2D eigenvalue weighted by Gasteiger charge is 2.11. The minimum absolute atomic E-state index is 0.674. The minimum atomic E-state index is 0.674. The van der Waals surface area contributed by atoms with Gasteiger partial charge < -0.3 is 10.1 Å². The maximum atomic E-state index is 5.77. The molecule has 1 aromatic heterocycles. The van der Waals surface area contributed by atoms with Crippen LogP contribution >= 0.6 is 0 Å². The number of ether oxygens (including phenoxy) is 1. The molecule has 4 nitrogen and oxygen atoms in total. The van der Waals surface area contributed by atoms with Crippen molar-refractivity contribution in [2.45, 2.75) is 46.0 Å². The summed E-state index contributed by atoms with van der Waals surface area (Å²) >= 11 is 0. The summed E-state index contributed by atoms with van der Waals surface area (Å²) < 4.78 is 5.77. The SMILES string of the molecule is C=CCCCOc1ncnc(NCCC)c1CCC. The van der Waals surface area contributed by atoms with E-state index in [1.54, 1.807) is 6.33 Å². The van der Waals surface area contributed by atoms with Crippen LogP contribution in [0.15, 0.2) is 19.0 Å². The summed E-state index contributed by atoms with van der Waals surface area (Å²) in [5.41, 5.74) is 1.09. The Balaban J connectivity index is 2.73. The molecule has 4 heteroatoms. The lowest BCUT2D eigenvalue weighted by Crippen LogP contribution is -2.09. The zero-order chi connectivity index (χ0) is 13.9. The molecule has 1 heterocycles. The van der Waals surface area contributed by atoms with Gasteiger partial charge in [0.2, 0.25) is 5.88 Å². The fourth-order valence-corrected chi connectivity index (χ4v) is 1.79. The van der Waals surface area contributed by atoms with Crippen LogP contribution in [0, 0.1) is 0 Å². The fraction of sp³-hybridized carbons (Fsp3) is 0.600. The van der Waals surface area contributed by atoms with Crippen LogP contribution in [0.4, 0.5) is 5.82 Å². The Bertz CT molecular complexity index is 380. The normalized spacial score (nSPS) is 10.2.